The number of Topliss-reactive ketones (excluding diaryl/α,β-unsaturated/α-hetero) is 1. The maximum atomic E-state index is 15.8. The molecule has 7 rings (SSSR count). The van der Waals surface area contributed by atoms with Crippen LogP contribution in [0.5, 0.6) is 0 Å². The molecule has 0 spiro atoms. The fraction of sp³-hybridized carbons (Fsp3) is 0.352. The first-order valence-electron chi connectivity index (χ1n) is 23.0. The first kappa shape index (κ1) is 49.7. The van der Waals surface area contributed by atoms with E-state index in [9.17, 15) is 8.42 Å². The summed E-state index contributed by atoms with van der Waals surface area (Å²) in [7, 11) is -6.90. The number of esters is 1. The van der Waals surface area contributed by atoms with Crippen molar-refractivity contribution in [3.05, 3.63) is 163 Å². The molecule has 1 aromatic heterocycles. The Morgan fingerprint density at radius 1 is 0.866 bits per heavy atom. The number of amides is 1. The van der Waals surface area contributed by atoms with Gasteiger partial charge in [-0.25, -0.2) is 4.79 Å². The van der Waals surface area contributed by atoms with Crippen molar-refractivity contribution in [2.24, 2.45) is 17.8 Å². The normalized spacial score (nSPS) is 20.1. The second-order valence-corrected chi connectivity index (χ2v) is 28.9. The summed E-state index contributed by atoms with van der Waals surface area (Å²) in [6.07, 6.45) is 2.45. The van der Waals surface area contributed by atoms with Gasteiger partial charge in [0.25, 0.3) is 10.1 Å². The summed E-state index contributed by atoms with van der Waals surface area (Å²) >= 11 is 0. The number of likely N-dealkylation sites (tertiary alicyclic amines) is 1. The number of pyridine rings is 1. The average Bonchev–Trinajstić information content (AvgIpc) is 3.30. The van der Waals surface area contributed by atoms with E-state index >= 15 is 14.4 Å². The molecule has 0 bridgehead atoms. The molecule has 1 amide bonds. The highest BCUT2D eigenvalue weighted by Gasteiger charge is 2.61. The number of hydrogen-bond donors (Lipinski definition) is 0. The Kier molecular flexibility index (Phi) is 14.9. The van der Waals surface area contributed by atoms with Crippen LogP contribution in [0.3, 0.4) is 0 Å². The zero-order valence-corrected chi connectivity index (χ0v) is 42.5. The molecule has 0 radical (unpaired) electrons. The molecular formula is C54H63N2O8PSSi. The van der Waals surface area contributed by atoms with Crippen LogP contribution in [0.1, 0.15) is 69.9 Å². The van der Waals surface area contributed by atoms with Gasteiger partial charge in [-0.3, -0.25) is 18.8 Å². The van der Waals surface area contributed by atoms with E-state index in [0.29, 0.717) is 30.5 Å². The molecule has 2 fully saturated rings. The van der Waals surface area contributed by atoms with E-state index in [1.54, 1.807) is 42.3 Å². The van der Waals surface area contributed by atoms with Crippen molar-refractivity contribution < 1.29 is 36.1 Å². The van der Waals surface area contributed by atoms with E-state index < -0.39 is 67.3 Å². The fourth-order valence-corrected chi connectivity index (χ4v) is 16.4. The lowest BCUT2D eigenvalue weighted by molar-refractivity contribution is -0.164. The maximum Gasteiger partial charge on any atom is 0.356 e. The lowest BCUT2D eigenvalue weighted by Gasteiger charge is -2.56. The van der Waals surface area contributed by atoms with Crippen molar-refractivity contribution >= 4 is 64.3 Å². The summed E-state index contributed by atoms with van der Waals surface area (Å²) < 4.78 is 47.7. The van der Waals surface area contributed by atoms with Crippen molar-refractivity contribution in [2.45, 2.75) is 102 Å². The largest absolute Gasteiger partial charge is 0.457 e. The summed E-state index contributed by atoms with van der Waals surface area (Å²) in [5.41, 5.74) is 2.16. The molecule has 1 aliphatic heterocycles. The predicted molar refractivity (Wildman–Crippen MR) is 270 cm³/mol. The Balaban J connectivity index is 1.48. The minimum atomic E-state index is -4.38. The summed E-state index contributed by atoms with van der Waals surface area (Å²) in [4.78, 5) is 52.9. The highest BCUT2D eigenvalue weighted by molar-refractivity contribution is 7.96. The zero-order valence-electron chi connectivity index (χ0n) is 39.8. The van der Waals surface area contributed by atoms with Gasteiger partial charge in [0.1, 0.15) is 23.9 Å². The van der Waals surface area contributed by atoms with Crippen LogP contribution in [0.4, 0.5) is 0 Å². The van der Waals surface area contributed by atoms with E-state index in [4.69, 9.17) is 13.3 Å². The van der Waals surface area contributed by atoms with Crippen LogP contribution in [0.15, 0.2) is 151 Å². The molecule has 352 valence electrons. The molecule has 4 aromatic carbocycles. The van der Waals surface area contributed by atoms with Crippen LogP contribution in [0.25, 0.3) is 0 Å². The van der Waals surface area contributed by atoms with Gasteiger partial charge in [0.05, 0.1) is 23.0 Å². The second kappa shape index (κ2) is 20.2. The van der Waals surface area contributed by atoms with Crippen molar-refractivity contribution in [2.75, 3.05) is 6.61 Å². The van der Waals surface area contributed by atoms with Crippen LogP contribution >= 0.6 is 6.89 Å². The van der Waals surface area contributed by atoms with E-state index in [0.717, 1.165) is 21.5 Å². The number of ketones is 1. The highest BCUT2D eigenvalue weighted by atomic mass is 32.2. The molecule has 1 saturated carbocycles. The number of β-lactam (4-membered cyclic amide) rings is 1. The van der Waals surface area contributed by atoms with Gasteiger partial charge in [-0.15, -0.1) is 0 Å². The number of nitrogens with zero attached hydrogens (tertiary/aromatic N) is 2. The van der Waals surface area contributed by atoms with Crippen molar-refractivity contribution in [3.8, 4) is 0 Å². The lowest BCUT2D eigenvalue weighted by atomic mass is 9.66. The van der Waals surface area contributed by atoms with Crippen molar-refractivity contribution in [3.63, 3.8) is 0 Å². The Labute approximate surface area is 398 Å². The van der Waals surface area contributed by atoms with Crippen LogP contribution in [0.2, 0.25) is 18.1 Å². The van der Waals surface area contributed by atoms with E-state index in [1.165, 1.54) is 18.2 Å². The third kappa shape index (κ3) is 9.88. The first-order valence-corrected chi connectivity index (χ1v) is 29.1. The number of rotatable bonds is 16. The van der Waals surface area contributed by atoms with Gasteiger partial charge >= 0.3 is 5.97 Å². The lowest BCUT2D eigenvalue weighted by Crippen LogP contribution is -2.72. The number of ether oxygens (including phenoxy) is 1. The molecule has 5 aromatic rings. The van der Waals surface area contributed by atoms with Gasteiger partial charge in [0, 0.05) is 30.6 Å². The summed E-state index contributed by atoms with van der Waals surface area (Å²) in [6.45, 7) is 16.6. The Morgan fingerprint density at radius 3 is 1.93 bits per heavy atom. The van der Waals surface area contributed by atoms with Gasteiger partial charge in [0.2, 0.25) is 5.91 Å². The van der Waals surface area contributed by atoms with E-state index in [2.05, 4.69) is 45.4 Å². The summed E-state index contributed by atoms with van der Waals surface area (Å²) in [5.74, 6) is -3.93. The molecule has 67 heavy (non-hydrogen) atoms. The standard InChI is InChI=1S/C54H63N2O8PSSi/c1-10-35-62-53(59)52(65(41-21-14-11-15-22-41,42-23-16-12-17-24-42)43-25-18-13-19-26-43)56-48(47(51(56)58)39(4)64-67(8,9)54(5,6)7)45-27-20-28-46(49(45)57)50(40-33-34-55-38(3)36-40)63-66(60,61)44-31-29-37(2)30-32-44/h10-19,21-26,29-34,36,39,45-48,50H,1,20,27-28,35H2,2-9H3/t39-,45-,46?,47-,48-,50?/m1/s1. The molecule has 0 N–H and O–H groups in total. The first-order chi connectivity index (χ1) is 31.8. The van der Waals surface area contributed by atoms with Gasteiger partial charge < -0.3 is 14.1 Å². The van der Waals surface area contributed by atoms with Gasteiger partial charge in [-0.05, 0) is 97.5 Å². The van der Waals surface area contributed by atoms with Crippen molar-refractivity contribution in [1.82, 2.24) is 9.88 Å². The van der Waals surface area contributed by atoms with E-state index in [-0.39, 0.29) is 33.6 Å². The number of aryl methyl sites for hydroxylation is 2. The molecule has 2 aliphatic rings. The summed E-state index contributed by atoms with van der Waals surface area (Å²) in [6, 6.07) is 38.2. The third-order valence-electron chi connectivity index (χ3n) is 13.8. The molecule has 2 unspecified atom stereocenters. The highest BCUT2D eigenvalue weighted by Crippen LogP contribution is 2.53. The van der Waals surface area contributed by atoms with Gasteiger partial charge in [-0.2, -0.15) is 8.42 Å². The molecule has 1 saturated heterocycles. The Morgan fingerprint density at radius 2 is 1.42 bits per heavy atom. The van der Waals surface area contributed by atoms with Crippen LogP contribution in [-0.4, -0.2) is 68.4 Å². The Hall–Kier alpha value is -5.23. The SMILES string of the molecule is C=CCOC(=O)C(N1C(=O)[C@H]([C@@H](C)O[Si](C)(C)C(C)(C)C)[C@H]1[C@H]1CCCC(C(OS(=O)(=O)c2ccc(C)cc2)c2ccnc(C)c2)C1=O)=P(c1ccccc1)(c1ccccc1)c1ccccc1. The van der Waals surface area contributed by atoms with Crippen LogP contribution in [0, 0.1) is 31.6 Å². The number of benzene rings is 4. The summed E-state index contributed by atoms with van der Waals surface area (Å²) in [5, 5.41) is 2.24. The minimum absolute atomic E-state index is 0.0264. The molecule has 10 nitrogen and oxygen atoms in total. The molecule has 2 heterocycles. The smallest absolute Gasteiger partial charge is 0.356 e. The molecule has 6 atom stereocenters. The van der Waals surface area contributed by atoms with Gasteiger partial charge in [0.15, 0.2) is 8.32 Å². The van der Waals surface area contributed by atoms with Crippen LogP contribution < -0.4 is 15.9 Å². The van der Waals surface area contributed by atoms with Crippen LogP contribution in [-0.2, 0) is 37.8 Å². The average molecular weight is 959 g/mol. The monoisotopic (exact) mass is 958 g/mol. The predicted octanol–water partition coefficient (Wildman–Crippen LogP) is 9.22. The van der Waals surface area contributed by atoms with E-state index in [1.807, 2.05) is 105 Å². The molecule has 13 heteroatoms. The minimum Gasteiger partial charge on any atom is -0.457 e. The Bertz CT molecular complexity index is 2660. The van der Waals surface area contributed by atoms with Crippen molar-refractivity contribution in [1.29, 1.82) is 0 Å². The number of carbonyl (C=O) groups is 3. The third-order valence-corrected chi connectivity index (χ3v) is 23.9. The number of hydrogen-bond acceptors (Lipinski definition) is 9. The van der Waals surface area contributed by atoms with Gasteiger partial charge in [-0.1, -0.05) is 149 Å². The zero-order chi connectivity index (χ0) is 48.3. The number of carbonyl (C=O) groups excluding carboxylic acids is 3. The maximum absolute atomic E-state index is 15.8. The second-order valence-electron chi connectivity index (χ2n) is 19.3. The number of aromatic nitrogens is 1. The quantitative estimate of drug-likeness (QED) is 0.0238. The fourth-order valence-electron chi connectivity index (χ4n) is 9.52. The molecule has 1 aliphatic carbocycles. The topological polar surface area (TPSA) is 129 Å². The molecular weight excluding hydrogens is 896 g/mol.